The topological polar surface area (TPSA) is 24.5 Å². The first-order valence-corrected chi connectivity index (χ1v) is 6.41. The Bertz CT molecular complexity index is 547. The third-order valence-corrected chi connectivity index (χ3v) is 3.54. The fourth-order valence-corrected chi connectivity index (χ4v) is 2.62. The molecule has 1 aliphatic heterocycles. The molecule has 18 heavy (non-hydrogen) atoms. The van der Waals surface area contributed by atoms with Crippen LogP contribution in [0.4, 0.5) is 5.69 Å². The molecule has 2 aromatic carbocycles. The van der Waals surface area contributed by atoms with Crippen LogP contribution in [-0.4, -0.2) is 33.3 Å². The summed E-state index contributed by atoms with van der Waals surface area (Å²) in [5.74, 6) is 0.949. The highest BCUT2D eigenvalue weighted by Gasteiger charge is 2.14. The summed E-state index contributed by atoms with van der Waals surface area (Å²) >= 11 is 0. The minimum Gasteiger partial charge on any atom is -0.496 e. The number of rotatable bonds is 2. The maximum absolute atomic E-state index is 5.44. The van der Waals surface area contributed by atoms with Crippen molar-refractivity contribution >= 4 is 16.5 Å². The van der Waals surface area contributed by atoms with Gasteiger partial charge in [-0.1, -0.05) is 24.3 Å². The maximum atomic E-state index is 5.44. The van der Waals surface area contributed by atoms with Gasteiger partial charge >= 0.3 is 0 Å². The first-order chi connectivity index (χ1) is 8.90. The van der Waals surface area contributed by atoms with E-state index < -0.39 is 0 Å². The van der Waals surface area contributed by atoms with Gasteiger partial charge in [-0.05, 0) is 12.1 Å². The second kappa shape index (κ2) is 4.86. The van der Waals surface area contributed by atoms with E-state index in [1.807, 2.05) is 0 Å². The van der Waals surface area contributed by atoms with Gasteiger partial charge in [0, 0.05) is 42.6 Å². The van der Waals surface area contributed by atoms with E-state index in [-0.39, 0.29) is 0 Å². The van der Waals surface area contributed by atoms with Crippen molar-refractivity contribution in [3.05, 3.63) is 36.4 Å². The Morgan fingerprint density at radius 3 is 2.44 bits per heavy atom. The van der Waals surface area contributed by atoms with Crippen molar-refractivity contribution in [2.24, 2.45) is 0 Å². The van der Waals surface area contributed by atoms with Crippen LogP contribution in [0.5, 0.6) is 5.75 Å². The Hall–Kier alpha value is -1.74. The van der Waals surface area contributed by atoms with Crippen LogP contribution in [0.25, 0.3) is 10.8 Å². The quantitative estimate of drug-likeness (QED) is 0.874. The number of piperazine rings is 1. The predicted molar refractivity (Wildman–Crippen MR) is 75.6 cm³/mol. The van der Waals surface area contributed by atoms with Crippen LogP contribution in [0, 0.1) is 0 Å². The summed E-state index contributed by atoms with van der Waals surface area (Å²) in [4.78, 5) is 2.44. The molecule has 0 aliphatic carbocycles. The number of nitrogens with zero attached hydrogens (tertiary/aromatic N) is 1. The summed E-state index contributed by atoms with van der Waals surface area (Å²) < 4.78 is 5.44. The molecule has 0 aromatic heterocycles. The van der Waals surface area contributed by atoms with Crippen molar-refractivity contribution in [1.29, 1.82) is 0 Å². The van der Waals surface area contributed by atoms with E-state index in [0.29, 0.717) is 0 Å². The Kier molecular flexibility index (Phi) is 3.07. The summed E-state index contributed by atoms with van der Waals surface area (Å²) in [7, 11) is 1.73. The minimum absolute atomic E-state index is 0.949. The molecule has 1 heterocycles. The third-order valence-electron chi connectivity index (χ3n) is 3.54. The predicted octanol–water partition coefficient (Wildman–Crippen LogP) is 2.26. The van der Waals surface area contributed by atoms with Gasteiger partial charge < -0.3 is 15.0 Å². The highest BCUT2D eigenvalue weighted by atomic mass is 16.5. The number of methoxy groups -OCH3 is 1. The molecule has 1 aliphatic rings. The van der Waals surface area contributed by atoms with Crippen LogP contribution < -0.4 is 15.0 Å². The summed E-state index contributed by atoms with van der Waals surface area (Å²) in [6.45, 7) is 4.24. The molecular formula is C15H18N2O. The fourth-order valence-electron chi connectivity index (χ4n) is 2.62. The molecule has 2 aromatic rings. The molecule has 3 rings (SSSR count). The normalized spacial score (nSPS) is 15.9. The average Bonchev–Trinajstić information content (AvgIpc) is 2.47. The van der Waals surface area contributed by atoms with Crippen molar-refractivity contribution in [3.63, 3.8) is 0 Å². The van der Waals surface area contributed by atoms with E-state index >= 15 is 0 Å². The Morgan fingerprint density at radius 2 is 1.72 bits per heavy atom. The SMILES string of the molecule is COc1ccc(N2CCNCC2)c2ccccc12. The molecule has 0 radical (unpaired) electrons. The average molecular weight is 242 g/mol. The lowest BCUT2D eigenvalue weighted by molar-refractivity contribution is 0.420. The second-order valence-corrected chi connectivity index (χ2v) is 4.57. The van der Waals surface area contributed by atoms with E-state index in [2.05, 4.69) is 46.6 Å². The minimum atomic E-state index is 0.949. The molecule has 0 spiro atoms. The molecule has 0 saturated carbocycles. The number of fused-ring (bicyclic) bond motifs is 1. The highest BCUT2D eigenvalue weighted by molar-refractivity contribution is 5.98. The molecule has 0 atom stereocenters. The molecule has 0 bridgehead atoms. The highest BCUT2D eigenvalue weighted by Crippen LogP contribution is 2.33. The van der Waals surface area contributed by atoms with E-state index in [1.54, 1.807) is 7.11 Å². The molecule has 3 nitrogen and oxygen atoms in total. The second-order valence-electron chi connectivity index (χ2n) is 4.57. The van der Waals surface area contributed by atoms with Crippen LogP contribution in [0.3, 0.4) is 0 Å². The van der Waals surface area contributed by atoms with Crippen LogP contribution >= 0.6 is 0 Å². The fraction of sp³-hybridized carbons (Fsp3) is 0.333. The van der Waals surface area contributed by atoms with Crippen molar-refractivity contribution in [2.75, 3.05) is 38.2 Å². The van der Waals surface area contributed by atoms with Gasteiger partial charge in [0.15, 0.2) is 0 Å². The summed E-state index contributed by atoms with van der Waals surface area (Å²) in [6, 6.07) is 12.7. The lowest BCUT2D eigenvalue weighted by Crippen LogP contribution is -2.43. The number of benzene rings is 2. The van der Waals surface area contributed by atoms with Crippen LogP contribution in [0.1, 0.15) is 0 Å². The molecule has 0 unspecified atom stereocenters. The largest absolute Gasteiger partial charge is 0.496 e. The van der Waals surface area contributed by atoms with E-state index in [1.165, 1.54) is 16.5 Å². The van der Waals surface area contributed by atoms with Gasteiger partial charge in [-0.2, -0.15) is 0 Å². The number of ether oxygens (including phenoxy) is 1. The van der Waals surface area contributed by atoms with Gasteiger partial charge in [-0.25, -0.2) is 0 Å². The molecule has 1 saturated heterocycles. The van der Waals surface area contributed by atoms with Crippen LogP contribution in [-0.2, 0) is 0 Å². The zero-order valence-electron chi connectivity index (χ0n) is 10.6. The molecule has 3 heteroatoms. The van der Waals surface area contributed by atoms with Crippen molar-refractivity contribution in [3.8, 4) is 5.75 Å². The van der Waals surface area contributed by atoms with Gasteiger partial charge in [-0.3, -0.25) is 0 Å². The van der Waals surface area contributed by atoms with Gasteiger partial charge in [-0.15, -0.1) is 0 Å². The Morgan fingerprint density at radius 1 is 1.00 bits per heavy atom. The molecule has 1 fully saturated rings. The van der Waals surface area contributed by atoms with Crippen molar-refractivity contribution in [1.82, 2.24) is 5.32 Å². The number of hydrogen-bond acceptors (Lipinski definition) is 3. The zero-order chi connectivity index (χ0) is 12.4. The van der Waals surface area contributed by atoms with E-state index in [0.717, 1.165) is 31.9 Å². The molecule has 0 amide bonds. The van der Waals surface area contributed by atoms with Gasteiger partial charge in [0.2, 0.25) is 0 Å². The molecule has 94 valence electrons. The van der Waals surface area contributed by atoms with Gasteiger partial charge in [0.25, 0.3) is 0 Å². The number of hydrogen-bond donors (Lipinski definition) is 1. The van der Waals surface area contributed by atoms with E-state index in [4.69, 9.17) is 4.74 Å². The Labute approximate surface area is 107 Å². The van der Waals surface area contributed by atoms with Crippen molar-refractivity contribution < 1.29 is 4.74 Å². The number of nitrogens with one attached hydrogen (secondary N) is 1. The zero-order valence-corrected chi connectivity index (χ0v) is 10.6. The van der Waals surface area contributed by atoms with Gasteiger partial charge in [0.05, 0.1) is 7.11 Å². The standard InChI is InChI=1S/C15H18N2O/c1-18-15-7-6-14(17-10-8-16-9-11-17)12-4-2-3-5-13(12)15/h2-7,16H,8-11H2,1H3. The lowest BCUT2D eigenvalue weighted by Gasteiger charge is -2.30. The molecular weight excluding hydrogens is 224 g/mol. The summed E-state index contributed by atoms with van der Waals surface area (Å²) in [5.41, 5.74) is 1.31. The monoisotopic (exact) mass is 242 g/mol. The number of anilines is 1. The Balaban J connectivity index is 2.12. The first-order valence-electron chi connectivity index (χ1n) is 6.41. The van der Waals surface area contributed by atoms with E-state index in [9.17, 15) is 0 Å². The third kappa shape index (κ3) is 1.91. The van der Waals surface area contributed by atoms with Crippen molar-refractivity contribution in [2.45, 2.75) is 0 Å². The lowest BCUT2D eigenvalue weighted by atomic mass is 10.1. The van der Waals surface area contributed by atoms with Crippen LogP contribution in [0.15, 0.2) is 36.4 Å². The van der Waals surface area contributed by atoms with Crippen LogP contribution in [0.2, 0.25) is 0 Å². The summed E-state index contributed by atoms with van der Waals surface area (Å²) in [6.07, 6.45) is 0. The maximum Gasteiger partial charge on any atom is 0.126 e. The first kappa shape index (κ1) is 11.4. The summed E-state index contributed by atoms with van der Waals surface area (Å²) in [5, 5.41) is 5.86. The molecule has 1 N–H and O–H groups in total. The van der Waals surface area contributed by atoms with Gasteiger partial charge in [0.1, 0.15) is 5.75 Å². The smallest absolute Gasteiger partial charge is 0.126 e.